The third-order valence-electron chi connectivity index (χ3n) is 1.40. The Hall–Kier alpha value is -1.97. The van der Waals surface area contributed by atoms with Gasteiger partial charge in [0.05, 0.1) is 0 Å². The summed E-state index contributed by atoms with van der Waals surface area (Å²) in [7, 11) is 0. The number of hydrogen-bond acceptors (Lipinski definition) is 4. The van der Waals surface area contributed by atoms with E-state index in [1.807, 2.05) is 12.9 Å². The highest BCUT2D eigenvalue weighted by Crippen LogP contribution is 2.02. The van der Waals surface area contributed by atoms with Crippen LogP contribution in [0.2, 0.25) is 0 Å². The Morgan fingerprint density at radius 3 is 1.69 bits per heavy atom. The van der Waals surface area contributed by atoms with Crippen LogP contribution < -0.4 is 0 Å². The smallest absolute Gasteiger partial charge is 0.120 e. The molecule has 0 aliphatic rings. The second-order valence-corrected chi connectivity index (χ2v) is 2.60. The van der Waals surface area contributed by atoms with Gasteiger partial charge in [-0.3, -0.25) is 0 Å². The Morgan fingerprint density at radius 2 is 1.44 bits per heavy atom. The lowest BCUT2D eigenvalue weighted by Gasteiger charge is -1.82. The van der Waals surface area contributed by atoms with Crippen molar-refractivity contribution >= 4 is 19.4 Å². The summed E-state index contributed by atoms with van der Waals surface area (Å²) in [6, 6.07) is 8.71. The monoisotopic (exact) mass is 224 g/mol. The molecule has 0 unspecified atom stereocenters. The van der Waals surface area contributed by atoms with Crippen LogP contribution in [-0.2, 0) is 14.4 Å². The van der Waals surface area contributed by atoms with Gasteiger partial charge in [-0.25, -0.2) is 0 Å². The number of para-hydroxylation sites is 1. The number of carbonyl (C=O) groups is 3. The van der Waals surface area contributed by atoms with Crippen LogP contribution in [0.15, 0.2) is 30.3 Å². The maximum atomic E-state index is 9.56. The first kappa shape index (κ1) is 16.5. The van der Waals surface area contributed by atoms with Crippen molar-refractivity contribution in [1.82, 2.24) is 0 Å². The van der Waals surface area contributed by atoms with Gasteiger partial charge >= 0.3 is 0 Å². The maximum absolute atomic E-state index is 9.56. The Balaban J connectivity index is 0. The molecule has 0 saturated heterocycles. The highest BCUT2D eigenvalue weighted by Gasteiger charge is 1.80. The van der Waals surface area contributed by atoms with Gasteiger partial charge in [0, 0.05) is 12.8 Å². The van der Waals surface area contributed by atoms with Crippen LogP contribution in [0.5, 0.6) is 5.75 Å². The van der Waals surface area contributed by atoms with Crippen LogP contribution in [-0.4, -0.2) is 24.5 Å². The fourth-order valence-electron chi connectivity index (χ4n) is 0.713. The van der Waals surface area contributed by atoms with Gasteiger partial charge in [-0.05, 0) is 18.6 Å². The summed E-state index contributed by atoms with van der Waals surface area (Å²) in [6.45, 7) is 2.00. The zero-order chi connectivity index (χ0) is 12.6. The molecular weight excluding hydrogens is 208 g/mol. The van der Waals surface area contributed by atoms with Crippen LogP contribution in [0, 0.1) is 0 Å². The van der Waals surface area contributed by atoms with E-state index in [0.717, 1.165) is 12.6 Å². The minimum atomic E-state index is 0.322. The van der Waals surface area contributed by atoms with E-state index in [2.05, 4.69) is 0 Å². The third kappa shape index (κ3) is 14.5. The average Bonchev–Trinajstić information content (AvgIpc) is 2.34. The second-order valence-electron chi connectivity index (χ2n) is 2.60. The lowest BCUT2D eigenvalue weighted by atomic mass is 10.3. The summed E-state index contributed by atoms with van der Waals surface area (Å²) in [4.78, 5) is 27.1. The number of rotatable bonds is 4. The maximum Gasteiger partial charge on any atom is 0.120 e. The summed E-state index contributed by atoms with van der Waals surface area (Å²) in [5.74, 6) is 0.322. The molecule has 1 aromatic carbocycles. The van der Waals surface area contributed by atoms with Gasteiger partial charge in [0.1, 0.15) is 25.1 Å². The molecule has 1 N–H and O–H groups in total. The zero-order valence-electron chi connectivity index (χ0n) is 9.04. The number of aromatic hydroxyl groups is 1. The van der Waals surface area contributed by atoms with E-state index in [1.165, 1.54) is 0 Å². The molecule has 4 heteroatoms. The standard InChI is InChI=1S/C6H6O.C5H8O2.CH2O/c7-6-4-2-1-3-5-6;6-4-2-1-3-5-7;1-2/h1-5,7H;4-5H,1-3H2;1H2. The summed E-state index contributed by atoms with van der Waals surface area (Å²) in [5, 5.41) is 8.63. The largest absolute Gasteiger partial charge is 0.508 e. The van der Waals surface area contributed by atoms with E-state index >= 15 is 0 Å². The Kier molecular flexibility index (Phi) is 15.9. The van der Waals surface area contributed by atoms with Gasteiger partial charge in [-0.2, -0.15) is 0 Å². The number of phenols is 1. The molecule has 0 fully saturated rings. The number of aldehydes is 2. The fraction of sp³-hybridized carbons (Fsp3) is 0.250. The van der Waals surface area contributed by atoms with Crippen molar-refractivity contribution < 1.29 is 19.5 Å². The molecule has 0 spiro atoms. The number of unbranched alkanes of at least 4 members (excludes halogenated alkanes) is 2. The van der Waals surface area contributed by atoms with Crippen molar-refractivity contribution in [3.63, 3.8) is 0 Å². The lowest BCUT2D eigenvalue weighted by Crippen LogP contribution is -1.76. The molecule has 4 nitrogen and oxygen atoms in total. The fourth-order valence-corrected chi connectivity index (χ4v) is 0.713. The number of phenolic OH excluding ortho intramolecular Hbond substituents is 1. The van der Waals surface area contributed by atoms with Gasteiger partial charge in [0.2, 0.25) is 0 Å². The van der Waals surface area contributed by atoms with Crippen molar-refractivity contribution in [2.24, 2.45) is 0 Å². The minimum absolute atomic E-state index is 0.322. The number of hydrogen-bond donors (Lipinski definition) is 1. The topological polar surface area (TPSA) is 71.4 Å². The van der Waals surface area contributed by atoms with Crippen LogP contribution in [0.1, 0.15) is 19.3 Å². The van der Waals surface area contributed by atoms with Crippen LogP contribution in [0.25, 0.3) is 0 Å². The minimum Gasteiger partial charge on any atom is -0.508 e. The molecule has 0 aliphatic heterocycles. The van der Waals surface area contributed by atoms with E-state index in [-0.39, 0.29) is 0 Å². The third-order valence-corrected chi connectivity index (χ3v) is 1.40. The predicted octanol–water partition coefficient (Wildman–Crippen LogP) is 1.76. The molecular formula is C12H16O4. The van der Waals surface area contributed by atoms with Crippen molar-refractivity contribution in [2.75, 3.05) is 0 Å². The molecule has 0 amide bonds. The first-order valence-corrected chi connectivity index (χ1v) is 4.71. The SMILES string of the molecule is C=O.O=CCCCC=O.Oc1ccccc1. The van der Waals surface area contributed by atoms with Gasteiger partial charge in [0.15, 0.2) is 0 Å². The molecule has 1 rings (SSSR count). The van der Waals surface area contributed by atoms with Gasteiger partial charge in [0.25, 0.3) is 0 Å². The summed E-state index contributed by atoms with van der Waals surface area (Å²) in [6.07, 6.45) is 3.37. The summed E-state index contributed by atoms with van der Waals surface area (Å²) >= 11 is 0. The van der Waals surface area contributed by atoms with Crippen molar-refractivity contribution in [3.05, 3.63) is 30.3 Å². The normalized spacial score (nSPS) is 7.50. The highest BCUT2D eigenvalue weighted by atomic mass is 16.3. The van der Waals surface area contributed by atoms with Crippen LogP contribution in [0.3, 0.4) is 0 Å². The van der Waals surface area contributed by atoms with Crippen molar-refractivity contribution in [3.8, 4) is 5.75 Å². The van der Waals surface area contributed by atoms with Gasteiger partial charge in [-0.15, -0.1) is 0 Å². The van der Waals surface area contributed by atoms with Gasteiger partial charge in [-0.1, -0.05) is 18.2 Å². The molecule has 0 bridgehead atoms. The first-order valence-electron chi connectivity index (χ1n) is 4.71. The van der Waals surface area contributed by atoms with Crippen LogP contribution >= 0.6 is 0 Å². The van der Waals surface area contributed by atoms with Crippen molar-refractivity contribution in [1.29, 1.82) is 0 Å². The number of benzene rings is 1. The molecule has 0 aliphatic carbocycles. The predicted molar refractivity (Wildman–Crippen MR) is 61.2 cm³/mol. The molecule has 88 valence electrons. The lowest BCUT2D eigenvalue weighted by molar-refractivity contribution is -0.109. The molecule has 0 saturated carbocycles. The molecule has 16 heavy (non-hydrogen) atoms. The first-order chi connectivity index (χ1) is 7.81. The molecule has 0 atom stereocenters. The van der Waals surface area contributed by atoms with E-state index in [0.29, 0.717) is 25.0 Å². The average molecular weight is 224 g/mol. The Bertz CT molecular complexity index is 251. The van der Waals surface area contributed by atoms with Crippen molar-refractivity contribution in [2.45, 2.75) is 19.3 Å². The quantitative estimate of drug-likeness (QED) is 0.624. The summed E-state index contributed by atoms with van der Waals surface area (Å²) < 4.78 is 0. The van der Waals surface area contributed by atoms with E-state index in [1.54, 1.807) is 24.3 Å². The zero-order valence-corrected chi connectivity index (χ0v) is 9.04. The van der Waals surface area contributed by atoms with E-state index in [4.69, 9.17) is 9.90 Å². The molecule has 0 heterocycles. The molecule has 0 aromatic heterocycles. The Morgan fingerprint density at radius 1 is 1.00 bits per heavy atom. The summed E-state index contributed by atoms with van der Waals surface area (Å²) in [5.41, 5.74) is 0. The number of carbonyl (C=O) groups excluding carboxylic acids is 3. The van der Waals surface area contributed by atoms with E-state index in [9.17, 15) is 9.59 Å². The molecule has 1 aromatic rings. The van der Waals surface area contributed by atoms with Crippen LogP contribution in [0.4, 0.5) is 0 Å². The second kappa shape index (κ2) is 15.5. The highest BCUT2D eigenvalue weighted by molar-refractivity contribution is 5.52. The molecule has 0 radical (unpaired) electrons. The van der Waals surface area contributed by atoms with E-state index < -0.39 is 0 Å². The van der Waals surface area contributed by atoms with Gasteiger partial charge < -0.3 is 19.5 Å². The Labute approximate surface area is 94.9 Å².